The minimum absolute atomic E-state index is 0.128. The number of carbonyl (C=O) groups is 2. The molecule has 2 aromatic rings. The molecule has 1 aromatic heterocycles. The van der Waals surface area contributed by atoms with E-state index in [2.05, 4.69) is 20.8 Å². The summed E-state index contributed by atoms with van der Waals surface area (Å²) in [6.07, 6.45) is 0.514. The Hall–Kier alpha value is -2.48. The lowest BCUT2D eigenvalue weighted by Crippen LogP contribution is -2.30. The molecule has 1 unspecified atom stereocenters. The zero-order chi connectivity index (χ0) is 15.7. The number of amides is 2. The Balaban J connectivity index is 1.62. The van der Waals surface area contributed by atoms with Crippen molar-refractivity contribution in [2.24, 2.45) is 11.0 Å². The molecule has 2 heterocycles. The van der Waals surface area contributed by atoms with Crippen molar-refractivity contribution >= 4 is 40.8 Å². The number of oxazole rings is 1. The molecule has 22 heavy (non-hydrogen) atoms. The second-order valence-corrected chi connectivity index (χ2v) is 5.42. The van der Waals surface area contributed by atoms with E-state index in [9.17, 15) is 9.59 Å². The number of nitrogens with one attached hydrogen (secondary N) is 3. The number of carbonyl (C=O) groups excluding carboxylic acids is 2. The number of H-pyrrole nitrogens is 1. The number of fused-ring (bicyclic) bond motifs is 1. The van der Waals surface area contributed by atoms with Crippen LogP contribution in [0.5, 0.6) is 0 Å². The van der Waals surface area contributed by atoms with E-state index in [0.29, 0.717) is 24.1 Å². The van der Waals surface area contributed by atoms with Crippen molar-refractivity contribution in [2.45, 2.75) is 13.3 Å². The van der Waals surface area contributed by atoms with Gasteiger partial charge < -0.3 is 14.7 Å². The third-order valence-electron chi connectivity index (χ3n) is 3.56. The Kier molecular flexibility index (Phi) is 3.76. The van der Waals surface area contributed by atoms with Crippen molar-refractivity contribution in [2.75, 3.05) is 6.54 Å². The van der Waals surface area contributed by atoms with Gasteiger partial charge in [0.15, 0.2) is 5.58 Å². The van der Waals surface area contributed by atoms with Gasteiger partial charge in [0.25, 0.3) is 10.7 Å². The topological polar surface area (TPSA) is 99.5 Å². The van der Waals surface area contributed by atoms with Crippen molar-refractivity contribution in [3.05, 3.63) is 28.6 Å². The number of hydrogen-bond acceptors (Lipinski definition) is 5. The highest BCUT2D eigenvalue weighted by Gasteiger charge is 2.26. The van der Waals surface area contributed by atoms with E-state index in [1.165, 1.54) is 0 Å². The van der Waals surface area contributed by atoms with Crippen LogP contribution in [0.1, 0.15) is 23.7 Å². The molecule has 0 saturated heterocycles. The molecule has 1 aromatic carbocycles. The fourth-order valence-electron chi connectivity index (χ4n) is 2.35. The molecule has 3 N–H and O–H groups in total. The number of rotatable bonds is 4. The molecular formula is C14H14N4O3S. The second kappa shape index (κ2) is 5.72. The molecule has 0 bridgehead atoms. The predicted octanol–water partition coefficient (Wildman–Crippen LogP) is 1.73. The van der Waals surface area contributed by atoms with Gasteiger partial charge in [0.2, 0.25) is 5.91 Å². The van der Waals surface area contributed by atoms with Gasteiger partial charge in [-0.15, -0.1) is 0 Å². The van der Waals surface area contributed by atoms with Crippen LogP contribution in [0.3, 0.4) is 0 Å². The van der Waals surface area contributed by atoms with Crippen molar-refractivity contribution in [3.63, 3.8) is 0 Å². The maximum atomic E-state index is 12.1. The SMILES string of the molecule is CC1=NNC(=O)C1CCNC(=O)c1ccc2[nH]c(=S)oc2c1. The molecule has 114 valence electrons. The molecule has 0 fully saturated rings. The maximum absolute atomic E-state index is 12.1. The van der Waals surface area contributed by atoms with Crippen LogP contribution in [0.15, 0.2) is 27.7 Å². The highest BCUT2D eigenvalue weighted by atomic mass is 32.1. The number of benzene rings is 1. The van der Waals surface area contributed by atoms with Crippen molar-refractivity contribution < 1.29 is 14.0 Å². The molecule has 1 aliphatic heterocycles. The number of aromatic nitrogens is 1. The fourth-order valence-corrected chi connectivity index (χ4v) is 2.55. The highest BCUT2D eigenvalue weighted by Crippen LogP contribution is 2.15. The summed E-state index contributed by atoms with van der Waals surface area (Å²) in [6.45, 7) is 2.18. The van der Waals surface area contributed by atoms with Gasteiger partial charge in [0, 0.05) is 17.8 Å². The summed E-state index contributed by atoms with van der Waals surface area (Å²) >= 11 is 4.90. The summed E-state index contributed by atoms with van der Waals surface area (Å²) in [7, 11) is 0. The molecule has 7 nitrogen and oxygen atoms in total. The van der Waals surface area contributed by atoms with Crippen LogP contribution in [-0.2, 0) is 4.79 Å². The fraction of sp³-hybridized carbons (Fsp3) is 0.286. The van der Waals surface area contributed by atoms with Gasteiger partial charge in [0.05, 0.1) is 11.4 Å². The smallest absolute Gasteiger partial charge is 0.266 e. The van der Waals surface area contributed by atoms with Gasteiger partial charge in [0.1, 0.15) is 0 Å². The van der Waals surface area contributed by atoms with Gasteiger partial charge >= 0.3 is 0 Å². The lowest BCUT2D eigenvalue weighted by atomic mass is 10.0. The lowest BCUT2D eigenvalue weighted by molar-refractivity contribution is -0.122. The summed E-state index contributed by atoms with van der Waals surface area (Å²) < 4.78 is 5.28. The maximum Gasteiger partial charge on any atom is 0.266 e. The lowest BCUT2D eigenvalue weighted by Gasteiger charge is -2.09. The number of hydrogen-bond donors (Lipinski definition) is 3. The summed E-state index contributed by atoms with van der Waals surface area (Å²) in [4.78, 5) is 26.8. The quantitative estimate of drug-likeness (QED) is 0.748. The highest BCUT2D eigenvalue weighted by molar-refractivity contribution is 7.71. The van der Waals surface area contributed by atoms with Crippen molar-refractivity contribution in [1.29, 1.82) is 0 Å². The van der Waals surface area contributed by atoms with Crippen LogP contribution in [0.25, 0.3) is 11.1 Å². The van der Waals surface area contributed by atoms with Crippen LogP contribution >= 0.6 is 12.2 Å². The zero-order valence-electron chi connectivity index (χ0n) is 11.8. The Bertz CT molecular complexity index is 836. The molecule has 3 rings (SSSR count). The van der Waals surface area contributed by atoms with E-state index in [0.717, 1.165) is 11.2 Å². The van der Waals surface area contributed by atoms with Gasteiger partial charge in [-0.05, 0) is 43.8 Å². The average molecular weight is 318 g/mol. The van der Waals surface area contributed by atoms with E-state index in [-0.39, 0.29) is 22.6 Å². The molecule has 0 aliphatic carbocycles. The van der Waals surface area contributed by atoms with E-state index < -0.39 is 0 Å². The van der Waals surface area contributed by atoms with Crippen molar-refractivity contribution in [1.82, 2.24) is 15.7 Å². The first-order valence-electron chi connectivity index (χ1n) is 6.80. The first-order chi connectivity index (χ1) is 10.5. The summed E-state index contributed by atoms with van der Waals surface area (Å²) in [5.41, 5.74) is 4.93. The second-order valence-electron chi connectivity index (χ2n) is 5.05. The molecule has 8 heteroatoms. The summed E-state index contributed by atoms with van der Waals surface area (Å²) in [6, 6.07) is 5.06. The number of hydrazone groups is 1. The van der Waals surface area contributed by atoms with Crippen LogP contribution in [-0.4, -0.2) is 29.1 Å². The van der Waals surface area contributed by atoms with Crippen LogP contribution in [0, 0.1) is 10.8 Å². The largest absolute Gasteiger partial charge is 0.429 e. The van der Waals surface area contributed by atoms with Crippen LogP contribution < -0.4 is 10.7 Å². The Morgan fingerprint density at radius 3 is 3.05 bits per heavy atom. The monoisotopic (exact) mass is 318 g/mol. The predicted molar refractivity (Wildman–Crippen MR) is 83.1 cm³/mol. The Labute approximate surface area is 130 Å². The normalized spacial score (nSPS) is 17.4. The van der Waals surface area contributed by atoms with Gasteiger partial charge in [-0.1, -0.05) is 0 Å². The van der Waals surface area contributed by atoms with E-state index in [1.54, 1.807) is 25.1 Å². The minimum atomic E-state index is -0.273. The summed E-state index contributed by atoms with van der Waals surface area (Å²) in [5.74, 6) is -0.625. The third-order valence-corrected chi connectivity index (χ3v) is 3.75. The molecule has 1 aliphatic rings. The van der Waals surface area contributed by atoms with Gasteiger partial charge in [-0.25, -0.2) is 5.43 Å². The van der Waals surface area contributed by atoms with Crippen LogP contribution in [0.4, 0.5) is 0 Å². The van der Waals surface area contributed by atoms with E-state index in [1.807, 2.05) is 0 Å². The molecule has 0 saturated carbocycles. The third kappa shape index (κ3) is 2.77. The molecule has 2 amide bonds. The zero-order valence-corrected chi connectivity index (χ0v) is 12.6. The first kappa shape index (κ1) is 14.5. The van der Waals surface area contributed by atoms with E-state index in [4.69, 9.17) is 16.6 Å². The molecule has 0 radical (unpaired) electrons. The van der Waals surface area contributed by atoms with E-state index >= 15 is 0 Å². The first-order valence-corrected chi connectivity index (χ1v) is 7.20. The minimum Gasteiger partial charge on any atom is -0.429 e. The summed E-state index contributed by atoms with van der Waals surface area (Å²) in [5, 5.41) is 6.66. The average Bonchev–Trinajstić information content (AvgIpc) is 3.01. The van der Waals surface area contributed by atoms with Gasteiger partial charge in [-0.3, -0.25) is 9.59 Å². The van der Waals surface area contributed by atoms with Crippen LogP contribution in [0.2, 0.25) is 0 Å². The molecule has 0 spiro atoms. The molecule has 1 atom stereocenters. The van der Waals surface area contributed by atoms with Crippen molar-refractivity contribution in [3.8, 4) is 0 Å². The van der Waals surface area contributed by atoms with Gasteiger partial charge in [-0.2, -0.15) is 5.10 Å². The standard InChI is InChI=1S/C14H14N4O3S/c1-7-9(13(20)18-17-7)4-5-15-12(19)8-2-3-10-11(6-8)21-14(22)16-10/h2-3,6,9H,4-5H2,1H3,(H,15,19)(H,16,22)(H,18,20). The Morgan fingerprint density at radius 2 is 2.32 bits per heavy atom. The number of nitrogens with zero attached hydrogens (tertiary/aromatic N) is 1. The Morgan fingerprint density at radius 1 is 1.50 bits per heavy atom. The number of aromatic amines is 1. The molecular weight excluding hydrogens is 304 g/mol.